The fraction of sp³-hybridized carbons (Fsp3) is 0.154. The number of rotatable bonds is 6. The zero-order valence-corrected chi connectivity index (χ0v) is 21.4. The van der Waals surface area contributed by atoms with Gasteiger partial charge in [-0.15, -0.1) is 10.2 Å². The van der Waals surface area contributed by atoms with Crippen molar-refractivity contribution < 1.29 is 14.3 Å². The van der Waals surface area contributed by atoms with Gasteiger partial charge in [-0.05, 0) is 67.4 Å². The minimum absolute atomic E-state index is 0.0229. The molecule has 0 saturated heterocycles. The van der Waals surface area contributed by atoms with Crippen LogP contribution in [0.15, 0.2) is 70.3 Å². The van der Waals surface area contributed by atoms with Crippen molar-refractivity contribution in [3.63, 3.8) is 0 Å². The summed E-state index contributed by atoms with van der Waals surface area (Å²) in [6, 6.07) is 19.2. The van der Waals surface area contributed by atoms with Crippen LogP contribution in [0.4, 0.5) is 5.69 Å². The molecule has 1 aromatic heterocycles. The van der Waals surface area contributed by atoms with Gasteiger partial charge in [0, 0.05) is 15.6 Å². The van der Waals surface area contributed by atoms with Crippen LogP contribution in [0.3, 0.4) is 0 Å². The number of amides is 1. The third kappa shape index (κ3) is 5.01. The highest BCUT2D eigenvalue weighted by molar-refractivity contribution is 9.10. The van der Waals surface area contributed by atoms with Gasteiger partial charge in [-0.25, -0.2) is 0 Å². The van der Waals surface area contributed by atoms with Crippen molar-refractivity contribution in [1.29, 1.82) is 0 Å². The fourth-order valence-electron chi connectivity index (χ4n) is 3.93. The number of fused-ring (bicyclic) bond motifs is 1. The molecule has 0 atom stereocenters. The lowest BCUT2D eigenvalue weighted by atomic mass is 10.1. The summed E-state index contributed by atoms with van der Waals surface area (Å²) in [5.41, 5.74) is 5.11. The van der Waals surface area contributed by atoms with E-state index >= 15 is 0 Å². The van der Waals surface area contributed by atoms with E-state index in [4.69, 9.17) is 4.74 Å². The van der Waals surface area contributed by atoms with Crippen LogP contribution in [0, 0.1) is 13.8 Å². The number of halogens is 1. The monoisotopic (exact) mass is 548 g/mol. The Morgan fingerprint density at radius 2 is 1.80 bits per heavy atom. The zero-order chi connectivity index (χ0) is 24.5. The van der Waals surface area contributed by atoms with Gasteiger partial charge in [0.1, 0.15) is 5.75 Å². The molecular weight excluding hydrogens is 528 g/mol. The second-order valence-electron chi connectivity index (χ2n) is 8.25. The number of aromatic nitrogens is 3. The number of ether oxygens (including phenoxy) is 1. The molecule has 0 radical (unpaired) electrons. The Hall–Kier alpha value is -3.43. The molecule has 4 aromatic rings. The lowest BCUT2D eigenvalue weighted by molar-refractivity contribution is -0.118. The number of carbonyl (C=O) groups excluding carboxylic acids is 2. The van der Waals surface area contributed by atoms with Gasteiger partial charge in [-0.3, -0.25) is 14.2 Å². The van der Waals surface area contributed by atoms with E-state index < -0.39 is 0 Å². The van der Waals surface area contributed by atoms with Gasteiger partial charge >= 0.3 is 0 Å². The number of carbonyl (C=O) groups is 2. The molecule has 176 valence electrons. The molecule has 0 fully saturated rings. The number of hydrogen-bond donors (Lipinski definition) is 1. The molecule has 3 aromatic carbocycles. The molecular formula is C26H21BrN4O3S. The number of ketones is 1. The SMILES string of the molecule is Cc1cc(C)cc(-n2c(SCC(=O)c3ccc4c(c3)NC(=O)CO4)nnc2-c2ccc(Br)cc2)c1. The Morgan fingerprint density at radius 1 is 1.06 bits per heavy atom. The van der Waals surface area contributed by atoms with Crippen molar-refractivity contribution in [1.82, 2.24) is 14.8 Å². The van der Waals surface area contributed by atoms with Crippen LogP contribution in [0.25, 0.3) is 17.1 Å². The maximum absolute atomic E-state index is 13.0. The van der Waals surface area contributed by atoms with Crippen LogP contribution in [-0.2, 0) is 4.79 Å². The lowest BCUT2D eigenvalue weighted by Crippen LogP contribution is -2.25. The molecule has 0 spiro atoms. The number of thioether (sulfide) groups is 1. The topological polar surface area (TPSA) is 86.1 Å². The smallest absolute Gasteiger partial charge is 0.262 e. The highest BCUT2D eigenvalue weighted by atomic mass is 79.9. The Labute approximate surface area is 215 Å². The maximum atomic E-state index is 13.0. The predicted octanol–water partition coefficient (Wildman–Crippen LogP) is 5.62. The highest BCUT2D eigenvalue weighted by Crippen LogP contribution is 2.32. The number of anilines is 1. The van der Waals surface area contributed by atoms with Gasteiger partial charge in [0.2, 0.25) is 0 Å². The Morgan fingerprint density at radius 3 is 2.54 bits per heavy atom. The van der Waals surface area contributed by atoms with E-state index in [1.807, 2.05) is 28.8 Å². The van der Waals surface area contributed by atoms with Crippen LogP contribution < -0.4 is 10.1 Å². The molecule has 0 aliphatic carbocycles. The Kier molecular flexibility index (Phi) is 6.44. The summed E-state index contributed by atoms with van der Waals surface area (Å²) in [7, 11) is 0. The molecule has 1 N–H and O–H groups in total. The predicted molar refractivity (Wildman–Crippen MR) is 140 cm³/mol. The van der Waals surface area contributed by atoms with E-state index in [0.717, 1.165) is 26.9 Å². The standard InChI is InChI=1S/C26H21BrN4O3S/c1-15-9-16(2)11-20(10-15)31-25(17-3-6-19(27)7-4-17)29-30-26(31)35-14-22(32)18-5-8-23-21(12-18)28-24(33)13-34-23/h3-12H,13-14H2,1-2H3,(H,28,33). The van der Waals surface area contributed by atoms with Crippen LogP contribution >= 0.6 is 27.7 Å². The quantitative estimate of drug-likeness (QED) is 0.248. The number of nitrogens with zero attached hydrogens (tertiary/aromatic N) is 3. The third-order valence-electron chi connectivity index (χ3n) is 5.47. The van der Waals surface area contributed by atoms with E-state index in [2.05, 4.69) is 63.5 Å². The molecule has 9 heteroatoms. The van der Waals surface area contributed by atoms with Gasteiger partial charge in [0.05, 0.1) is 17.1 Å². The molecule has 2 heterocycles. The number of hydrogen-bond acceptors (Lipinski definition) is 6. The average molecular weight is 549 g/mol. The van der Waals surface area contributed by atoms with Crippen LogP contribution in [-0.4, -0.2) is 38.8 Å². The zero-order valence-electron chi connectivity index (χ0n) is 19.0. The Bertz CT molecular complexity index is 1430. The van der Waals surface area contributed by atoms with E-state index in [-0.39, 0.29) is 24.1 Å². The number of Topliss-reactive ketones (excluding diaryl/α,β-unsaturated/α-hetero) is 1. The first kappa shape index (κ1) is 23.3. The normalized spacial score (nSPS) is 12.6. The molecule has 35 heavy (non-hydrogen) atoms. The fourth-order valence-corrected chi connectivity index (χ4v) is 5.04. The van der Waals surface area contributed by atoms with E-state index in [0.29, 0.717) is 28.0 Å². The summed E-state index contributed by atoms with van der Waals surface area (Å²) < 4.78 is 8.35. The molecule has 0 bridgehead atoms. The summed E-state index contributed by atoms with van der Waals surface area (Å²) in [5, 5.41) is 12.3. The first-order chi connectivity index (χ1) is 16.9. The Balaban J connectivity index is 1.46. The minimum atomic E-state index is -0.238. The van der Waals surface area contributed by atoms with Gasteiger partial charge in [-0.1, -0.05) is 45.9 Å². The highest BCUT2D eigenvalue weighted by Gasteiger charge is 2.20. The summed E-state index contributed by atoms with van der Waals surface area (Å²) in [5.74, 6) is 1.10. The van der Waals surface area contributed by atoms with Crippen molar-refractivity contribution >= 4 is 45.1 Å². The minimum Gasteiger partial charge on any atom is -0.482 e. The van der Waals surface area contributed by atoms with Crippen molar-refractivity contribution in [2.75, 3.05) is 17.7 Å². The maximum Gasteiger partial charge on any atom is 0.262 e. The summed E-state index contributed by atoms with van der Waals surface area (Å²) in [6.07, 6.45) is 0. The van der Waals surface area contributed by atoms with Gasteiger partial charge in [-0.2, -0.15) is 0 Å². The molecule has 7 nitrogen and oxygen atoms in total. The largest absolute Gasteiger partial charge is 0.482 e. The molecule has 1 aliphatic heterocycles. The van der Waals surface area contributed by atoms with E-state index in [1.54, 1.807) is 18.2 Å². The lowest BCUT2D eigenvalue weighted by Gasteiger charge is -2.18. The molecule has 1 amide bonds. The van der Waals surface area contributed by atoms with Gasteiger partial charge < -0.3 is 10.1 Å². The van der Waals surface area contributed by atoms with Crippen LogP contribution in [0.1, 0.15) is 21.5 Å². The average Bonchev–Trinajstić information content (AvgIpc) is 3.26. The number of aryl methyl sites for hydroxylation is 2. The van der Waals surface area contributed by atoms with Crippen molar-refractivity contribution in [2.24, 2.45) is 0 Å². The first-order valence-corrected chi connectivity index (χ1v) is 12.7. The number of benzene rings is 3. The van der Waals surface area contributed by atoms with Crippen LogP contribution in [0.2, 0.25) is 0 Å². The second-order valence-corrected chi connectivity index (χ2v) is 10.1. The van der Waals surface area contributed by atoms with E-state index in [1.165, 1.54) is 11.8 Å². The molecule has 5 rings (SSSR count). The van der Waals surface area contributed by atoms with Crippen LogP contribution in [0.5, 0.6) is 5.75 Å². The summed E-state index contributed by atoms with van der Waals surface area (Å²) >= 11 is 4.80. The molecule has 0 unspecified atom stereocenters. The van der Waals surface area contributed by atoms with Crippen molar-refractivity contribution in [2.45, 2.75) is 19.0 Å². The van der Waals surface area contributed by atoms with Gasteiger partial charge in [0.25, 0.3) is 5.91 Å². The number of nitrogens with one attached hydrogen (secondary N) is 1. The van der Waals surface area contributed by atoms with Crippen molar-refractivity contribution in [3.8, 4) is 22.8 Å². The first-order valence-electron chi connectivity index (χ1n) is 10.9. The summed E-state index contributed by atoms with van der Waals surface area (Å²) in [6.45, 7) is 4.08. The molecule has 1 aliphatic rings. The van der Waals surface area contributed by atoms with Crippen molar-refractivity contribution in [3.05, 3.63) is 81.8 Å². The second kappa shape index (κ2) is 9.67. The molecule has 0 saturated carbocycles. The summed E-state index contributed by atoms with van der Waals surface area (Å²) in [4.78, 5) is 24.6. The third-order valence-corrected chi connectivity index (χ3v) is 6.92. The van der Waals surface area contributed by atoms with E-state index in [9.17, 15) is 9.59 Å². The van der Waals surface area contributed by atoms with Gasteiger partial charge in [0.15, 0.2) is 23.4 Å².